The first-order valence-electron chi connectivity index (χ1n) is 5.06. The number of aliphatic carboxylic acids is 1. The highest BCUT2D eigenvalue weighted by atomic mass is 32.2. The van der Waals surface area contributed by atoms with Crippen molar-refractivity contribution in [3.05, 3.63) is 22.4 Å². The second-order valence-electron chi connectivity index (χ2n) is 3.56. The van der Waals surface area contributed by atoms with Crippen molar-refractivity contribution in [1.29, 1.82) is 0 Å². The average molecular weight is 272 g/mol. The van der Waals surface area contributed by atoms with Crippen LogP contribution in [-0.4, -0.2) is 39.7 Å². The molecule has 7 heteroatoms. The number of carbonyl (C=O) groups excluding carboxylic acids is 1. The summed E-state index contributed by atoms with van der Waals surface area (Å²) >= 11 is 3.02. The summed E-state index contributed by atoms with van der Waals surface area (Å²) < 4.78 is 0. The molecule has 1 atom stereocenters. The number of carboxylic acids is 1. The average Bonchev–Trinajstić information content (AvgIpc) is 2.96. The van der Waals surface area contributed by atoms with Crippen LogP contribution in [0.4, 0.5) is 4.79 Å². The van der Waals surface area contributed by atoms with Crippen LogP contribution in [0.3, 0.4) is 0 Å². The number of hydrogen-bond acceptors (Lipinski definition) is 4. The maximum Gasteiger partial charge on any atom is 0.327 e. The van der Waals surface area contributed by atoms with Gasteiger partial charge in [0.25, 0.3) is 0 Å². The predicted octanol–water partition coefficient (Wildman–Crippen LogP) is 1.42. The fourth-order valence-corrected chi connectivity index (χ4v) is 3.31. The van der Waals surface area contributed by atoms with Crippen LogP contribution >= 0.6 is 23.1 Å². The molecule has 1 saturated heterocycles. The van der Waals surface area contributed by atoms with E-state index < -0.39 is 12.0 Å². The van der Waals surface area contributed by atoms with Gasteiger partial charge in [-0.25, -0.2) is 9.59 Å². The Hall–Kier alpha value is -1.21. The van der Waals surface area contributed by atoms with E-state index in [4.69, 9.17) is 5.11 Å². The maximum absolute atomic E-state index is 11.8. The van der Waals surface area contributed by atoms with Crippen molar-refractivity contribution >= 4 is 35.1 Å². The zero-order valence-electron chi connectivity index (χ0n) is 8.96. The number of carbonyl (C=O) groups is 2. The third-order valence-corrected chi connectivity index (χ3v) is 4.31. The van der Waals surface area contributed by atoms with Crippen LogP contribution in [0, 0.1) is 0 Å². The van der Waals surface area contributed by atoms with Crippen LogP contribution in [0.25, 0.3) is 0 Å². The molecule has 17 heavy (non-hydrogen) atoms. The van der Waals surface area contributed by atoms with Crippen LogP contribution in [-0.2, 0) is 11.3 Å². The SMILES string of the molecule is O=C(O)[C@@H]1CSCN1C(=O)NCc1cccs1. The minimum Gasteiger partial charge on any atom is -0.480 e. The summed E-state index contributed by atoms with van der Waals surface area (Å²) in [6.45, 7) is 0.448. The molecule has 0 aliphatic carbocycles. The van der Waals surface area contributed by atoms with Gasteiger partial charge in [0.05, 0.1) is 12.4 Å². The number of nitrogens with zero attached hydrogens (tertiary/aromatic N) is 1. The number of nitrogens with one attached hydrogen (secondary N) is 1. The highest BCUT2D eigenvalue weighted by molar-refractivity contribution is 7.99. The first-order chi connectivity index (χ1) is 8.18. The fraction of sp³-hybridized carbons (Fsp3) is 0.400. The van der Waals surface area contributed by atoms with Gasteiger partial charge < -0.3 is 15.3 Å². The summed E-state index contributed by atoms with van der Waals surface area (Å²) in [6, 6.07) is 2.83. The summed E-state index contributed by atoms with van der Waals surface area (Å²) in [6.07, 6.45) is 0. The maximum atomic E-state index is 11.8. The lowest BCUT2D eigenvalue weighted by molar-refractivity contribution is -0.140. The van der Waals surface area contributed by atoms with Crippen molar-refractivity contribution in [3.63, 3.8) is 0 Å². The molecule has 2 amide bonds. The first-order valence-corrected chi connectivity index (χ1v) is 7.09. The monoisotopic (exact) mass is 272 g/mol. The summed E-state index contributed by atoms with van der Waals surface area (Å²) in [5.41, 5.74) is 0. The quantitative estimate of drug-likeness (QED) is 0.873. The molecule has 2 N–H and O–H groups in total. The Kier molecular flexibility index (Phi) is 3.90. The Morgan fingerprint density at radius 2 is 2.41 bits per heavy atom. The van der Waals surface area contributed by atoms with Crippen LogP contribution in [0.1, 0.15) is 4.88 Å². The number of amides is 2. The van der Waals surface area contributed by atoms with Crippen LogP contribution in [0.2, 0.25) is 0 Å². The molecule has 0 saturated carbocycles. The zero-order chi connectivity index (χ0) is 12.3. The fourth-order valence-electron chi connectivity index (χ4n) is 1.52. The van der Waals surface area contributed by atoms with Gasteiger partial charge in [-0.3, -0.25) is 0 Å². The number of carboxylic acid groups (broad SMARTS) is 1. The van der Waals surface area contributed by atoms with Gasteiger partial charge in [-0.05, 0) is 11.4 Å². The summed E-state index contributed by atoms with van der Waals surface area (Å²) in [5.74, 6) is -0.0455. The minimum atomic E-state index is -0.943. The molecule has 2 heterocycles. The smallest absolute Gasteiger partial charge is 0.327 e. The van der Waals surface area contributed by atoms with Crippen molar-refractivity contribution in [1.82, 2.24) is 10.2 Å². The van der Waals surface area contributed by atoms with Gasteiger partial charge in [0.1, 0.15) is 6.04 Å². The molecule has 1 aromatic rings. The number of rotatable bonds is 3. The molecule has 0 radical (unpaired) electrons. The molecule has 0 bridgehead atoms. The Labute approximate surface area is 107 Å². The van der Waals surface area contributed by atoms with Crippen molar-refractivity contribution in [2.24, 2.45) is 0 Å². The molecular formula is C10H12N2O3S2. The number of urea groups is 1. The molecule has 1 aliphatic heterocycles. The number of thiophene rings is 1. The second kappa shape index (κ2) is 5.42. The van der Waals surface area contributed by atoms with Gasteiger partial charge >= 0.3 is 12.0 Å². The molecule has 1 aliphatic rings. The van der Waals surface area contributed by atoms with E-state index in [9.17, 15) is 9.59 Å². The van der Waals surface area contributed by atoms with E-state index in [0.29, 0.717) is 18.2 Å². The lowest BCUT2D eigenvalue weighted by Gasteiger charge is -2.20. The van der Waals surface area contributed by atoms with Crippen LogP contribution < -0.4 is 5.32 Å². The number of thioether (sulfide) groups is 1. The Morgan fingerprint density at radius 1 is 1.59 bits per heavy atom. The zero-order valence-corrected chi connectivity index (χ0v) is 10.6. The summed E-state index contributed by atoms with van der Waals surface area (Å²) in [5, 5.41) is 13.6. The van der Waals surface area contributed by atoms with E-state index in [1.54, 1.807) is 11.3 Å². The molecule has 2 rings (SSSR count). The van der Waals surface area contributed by atoms with E-state index in [0.717, 1.165) is 4.88 Å². The van der Waals surface area contributed by atoms with Gasteiger partial charge in [-0.2, -0.15) is 0 Å². The van der Waals surface area contributed by atoms with Gasteiger partial charge in [-0.1, -0.05) is 6.07 Å². The predicted molar refractivity (Wildman–Crippen MR) is 67.1 cm³/mol. The summed E-state index contributed by atoms with van der Waals surface area (Å²) in [4.78, 5) is 25.1. The highest BCUT2D eigenvalue weighted by Crippen LogP contribution is 2.21. The van der Waals surface area contributed by atoms with Crippen LogP contribution in [0.5, 0.6) is 0 Å². The van der Waals surface area contributed by atoms with Crippen molar-refractivity contribution < 1.29 is 14.7 Å². The Balaban J connectivity index is 1.89. The van der Waals surface area contributed by atoms with Gasteiger partial charge in [0.2, 0.25) is 0 Å². The molecule has 0 spiro atoms. The van der Waals surface area contributed by atoms with E-state index in [1.807, 2.05) is 17.5 Å². The van der Waals surface area contributed by atoms with Gasteiger partial charge in [0, 0.05) is 10.6 Å². The van der Waals surface area contributed by atoms with Gasteiger partial charge in [0.15, 0.2) is 0 Å². The first kappa shape index (κ1) is 12.3. The van der Waals surface area contributed by atoms with E-state index in [1.165, 1.54) is 16.7 Å². The minimum absolute atomic E-state index is 0.309. The second-order valence-corrected chi connectivity index (χ2v) is 5.59. The Morgan fingerprint density at radius 3 is 3.06 bits per heavy atom. The molecule has 92 valence electrons. The molecule has 5 nitrogen and oxygen atoms in total. The number of hydrogen-bond donors (Lipinski definition) is 2. The third kappa shape index (κ3) is 2.92. The molecule has 1 aromatic heterocycles. The topological polar surface area (TPSA) is 69.6 Å². The van der Waals surface area contributed by atoms with E-state index >= 15 is 0 Å². The third-order valence-electron chi connectivity index (χ3n) is 2.42. The van der Waals surface area contributed by atoms with Crippen LogP contribution in [0.15, 0.2) is 17.5 Å². The van der Waals surface area contributed by atoms with Crippen molar-refractivity contribution in [2.75, 3.05) is 11.6 Å². The standard InChI is InChI=1S/C10H12N2O3S2/c13-9(14)8-5-16-6-12(8)10(15)11-4-7-2-1-3-17-7/h1-3,8H,4-6H2,(H,11,15)(H,13,14)/t8-/m0/s1. The lowest BCUT2D eigenvalue weighted by atomic mass is 10.3. The summed E-state index contributed by atoms with van der Waals surface area (Å²) in [7, 11) is 0. The van der Waals surface area contributed by atoms with Gasteiger partial charge in [-0.15, -0.1) is 23.1 Å². The van der Waals surface area contributed by atoms with E-state index in [-0.39, 0.29) is 6.03 Å². The molecule has 0 unspecified atom stereocenters. The molecule has 0 aromatic carbocycles. The van der Waals surface area contributed by atoms with E-state index in [2.05, 4.69) is 5.32 Å². The van der Waals surface area contributed by atoms with Crippen molar-refractivity contribution in [2.45, 2.75) is 12.6 Å². The lowest BCUT2D eigenvalue weighted by Crippen LogP contribution is -2.46. The normalized spacial score (nSPS) is 19.3. The molecular weight excluding hydrogens is 260 g/mol. The molecule has 1 fully saturated rings. The Bertz CT molecular complexity index is 408. The van der Waals surface area contributed by atoms with Crippen molar-refractivity contribution in [3.8, 4) is 0 Å². The largest absolute Gasteiger partial charge is 0.480 e. The highest BCUT2D eigenvalue weighted by Gasteiger charge is 2.34.